The molecule has 0 radical (unpaired) electrons. The number of hydrogen-bond acceptors (Lipinski definition) is 4. The van der Waals surface area contributed by atoms with E-state index in [-0.39, 0.29) is 11.9 Å². The van der Waals surface area contributed by atoms with Gasteiger partial charge in [-0.25, -0.2) is 0 Å². The number of likely N-dealkylation sites (tertiary alicyclic amines) is 2. The highest BCUT2D eigenvalue weighted by atomic mass is 35.5. The summed E-state index contributed by atoms with van der Waals surface area (Å²) in [6.45, 7) is 5.07. The number of piperidine rings is 1. The lowest BCUT2D eigenvalue weighted by Crippen LogP contribution is -2.56. The Morgan fingerprint density at radius 3 is 2.56 bits per heavy atom. The van der Waals surface area contributed by atoms with Crippen molar-refractivity contribution in [1.29, 1.82) is 0 Å². The van der Waals surface area contributed by atoms with E-state index < -0.39 is 5.79 Å². The fraction of sp³-hybridized carbons (Fsp3) is 0.650. The highest BCUT2D eigenvalue weighted by Gasteiger charge is 2.45. The standard InChI is InChI=1S/C20H26Cl2N2O3/c21-17-4-3-15(11-18(17)22)12-19(25)24-8-5-20(26-9-10-27-20)13-16(24)14-23-6-1-2-7-23/h3-4,11,16H,1-2,5-10,12-14H2/t16-/m0/s1. The highest BCUT2D eigenvalue weighted by molar-refractivity contribution is 6.42. The number of hydrogen-bond donors (Lipinski definition) is 0. The minimum atomic E-state index is -0.495. The molecular formula is C20H26Cl2N2O3. The summed E-state index contributed by atoms with van der Waals surface area (Å²) in [5, 5.41) is 0.996. The van der Waals surface area contributed by atoms with E-state index in [0.29, 0.717) is 36.2 Å². The summed E-state index contributed by atoms with van der Waals surface area (Å²) in [6.07, 6.45) is 4.29. The Balaban J connectivity index is 1.47. The lowest BCUT2D eigenvalue weighted by Gasteiger charge is -2.44. The zero-order valence-electron chi connectivity index (χ0n) is 15.5. The normalized spacial score (nSPS) is 25.4. The monoisotopic (exact) mass is 412 g/mol. The summed E-state index contributed by atoms with van der Waals surface area (Å²) in [7, 11) is 0. The maximum Gasteiger partial charge on any atom is 0.227 e. The van der Waals surface area contributed by atoms with Gasteiger partial charge in [0.15, 0.2) is 5.79 Å². The summed E-state index contributed by atoms with van der Waals surface area (Å²) in [5.41, 5.74) is 0.892. The van der Waals surface area contributed by atoms with Crippen molar-refractivity contribution in [3.63, 3.8) is 0 Å². The molecule has 3 heterocycles. The molecule has 0 saturated carbocycles. The molecule has 0 aromatic heterocycles. The molecule has 3 aliphatic rings. The third-order valence-electron chi connectivity index (χ3n) is 5.86. The number of halogens is 2. The fourth-order valence-corrected chi connectivity index (χ4v) is 4.80. The Morgan fingerprint density at radius 1 is 1.11 bits per heavy atom. The first-order valence-electron chi connectivity index (χ1n) is 9.78. The van der Waals surface area contributed by atoms with Crippen molar-refractivity contribution in [2.24, 2.45) is 0 Å². The van der Waals surface area contributed by atoms with Gasteiger partial charge in [0.25, 0.3) is 0 Å². The Labute approximate surface area is 170 Å². The van der Waals surface area contributed by atoms with Gasteiger partial charge in [-0.2, -0.15) is 0 Å². The van der Waals surface area contributed by atoms with Crippen LogP contribution in [0.1, 0.15) is 31.2 Å². The molecule has 1 aromatic carbocycles. The van der Waals surface area contributed by atoms with Crippen LogP contribution in [0.25, 0.3) is 0 Å². The van der Waals surface area contributed by atoms with Crippen LogP contribution < -0.4 is 0 Å². The molecule has 3 aliphatic heterocycles. The molecule has 1 spiro atoms. The van der Waals surface area contributed by atoms with Crippen LogP contribution in [0.2, 0.25) is 10.0 Å². The molecule has 5 nitrogen and oxygen atoms in total. The zero-order valence-corrected chi connectivity index (χ0v) is 17.0. The lowest BCUT2D eigenvalue weighted by atomic mass is 9.94. The van der Waals surface area contributed by atoms with Gasteiger partial charge in [0.05, 0.1) is 29.7 Å². The van der Waals surface area contributed by atoms with Crippen LogP contribution in [-0.4, -0.2) is 66.9 Å². The summed E-state index contributed by atoms with van der Waals surface area (Å²) < 4.78 is 11.9. The molecule has 1 aromatic rings. The van der Waals surface area contributed by atoms with Gasteiger partial charge in [-0.3, -0.25) is 4.79 Å². The number of ether oxygens (including phenoxy) is 2. The summed E-state index contributed by atoms with van der Waals surface area (Å²) >= 11 is 12.1. The van der Waals surface area contributed by atoms with Crippen LogP contribution in [0.4, 0.5) is 0 Å². The van der Waals surface area contributed by atoms with Gasteiger partial charge in [-0.15, -0.1) is 0 Å². The van der Waals surface area contributed by atoms with Gasteiger partial charge in [0, 0.05) is 32.0 Å². The summed E-state index contributed by atoms with van der Waals surface area (Å²) in [6, 6.07) is 5.52. The SMILES string of the molecule is O=C(Cc1ccc(Cl)c(Cl)c1)N1CCC2(C[C@H]1CN1CCCC1)OCCO2. The second-order valence-corrected chi connectivity index (χ2v) is 8.55. The Morgan fingerprint density at radius 2 is 1.85 bits per heavy atom. The number of carbonyl (C=O) groups is 1. The average molecular weight is 413 g/mol. The molecule has 0 aliphatic carbocycles. The average Bonchev–Trinajstić information content (AvgIpc) is 3.31. The Kier molecular flexibility index (Phi) is 5.95. The van der Waals surface area contributed by atoms with Crippen molar-refractivity contribution < 1.29 is 14.3 Å². The van der Waals surface area contributed by atoms with Crippen molar-refractivity contribution in [3.8, 4) is 0 Å². The van der Waals surface area contributed by atoms with E-state index in [1.165, 1.54) is 12.8 Å². The fourth-order valence-electron chi connectivity index (χ4n) is 4.48. The van der Waals surface area contributed by atoms with Crippen LogP contribution in [0.5, 0.6) is 0 Å². The van der Waals surface area contributed by atoms with E-state index in [9.17, 15) is 4.79 Å². The largest absolute Gasteiger partial charge is 0.347 e. The van der Waals surface area contributed by atoms with E-state index in [4.69, 9.17) is 32.7 Å². The molecule has 0 bridgehead atoms. The van der Waals surface area contributed by atoms with Gasteiger partial charge in [-0.1, -0.05) is 29.3 Å². The molecule has 0 N–H and O–H groups in total. The first-order valence-corrected chi connectivity index (χ1v) is 10.5. The molecule has 1 atom stereocenters. The van der Waals surface area contributed by atoms with Crippen LogP contribution in [0.3, 0.4) is 0 Å². The number of benzene rings is 1. The number of amides is 1. The Hall–Kier alpha value is -0.850. The van der Waals surface area contributed by atoms with Crippen LogP contribution in [0, 0.1) is 0 Å². The van der Waals surface area contributed by atoms with E-state index >= 15 is 0 Å². The van der Waals surface area contributed by atoms with Crippen molar-refractivity contribution in [2.75, 3.05) is 39.4 Å². The predicted molar refractivity (Wildman–Crippen MR) is 105 cm³/mol. The first-order chi connectivity index (χ1) is 13.0. The third kappa shape index (κ3) is 4.43. The van der Waals surface area contributed by atoms with Gasteiger partial charge in [0.2, 0.25) is 5.91 Å². The number of rotatable bonds is 4. The van der Waals surface area contributed by atoms with Gasteiger partial charge in [0.1, 0.15) is 0 Å². The van der Waals surface area contributed by atoms with Crippen molar-refractivity contribution >= 4 is 29.1 Å². The van der Waals surface area contributed by atoms with E-state index in [0.717, 1.165) is 38.0 Å². The van der Waals surface area contributed by atoms with Gasteiger partial charge >= 0.3 is 0 Å². The Bertz CT molecular complexity index is 688. The highest BCUT2D eigenvalue weighted by Crippen LogP contribution is 2.35. The quantitative estimate of drug-likeness (QED) is 0.759. The summed E-state index contributed by atoms with van der Waals surface area (Å²) in [5.74, 6) is -0.365. The molecule has 3 saturated heterocycles. The van der Waals surface area contributed by atoms with Crippen LogP contribution in [0.15, 0.2) is 18.2 Å². The molecule has 148 valence electrons. The second kappa shape index (κ2) is 8.26. The van der Waals surface area contributed by atoms with E-state index in [1.54, 1.807) is 12.1 Å². The number of carbonyl (C=O) groups excluding carboxylic acids is 1. The molecular weight excluding hydrogens is 387 g/mol. The molecule has 7 heteroatoms. The van der Waals surface area contributed by atoms with E-state index in [2.05, 4.69) is 4.90 Å². The molecule has 27 heavy (non-hydrogen) atoms. The molecule has 1 amide bonds. The van der Waals surface area contributed by atoms with Crippen molar-refractivity contribution in [2.45, 2.75) is 43.9 Å². The number of nitrogens with zero attached hydrogens (tertiary/aromatic N) is 2. The van der Waals surface area contributed by atoms with Crippen LogP contribution >= 0.6 is 23.2 Å². The van der Waals surface area contributed by atoms with Gasteiger partial charge < -0.3 is 19.3 Å². The minimum absolute atomic E-state index is 0.116. The lowest BCUT2D eigenvalue weighted by molar-refractivity contribution is -0.199. The summed E-state index contributed by atoms with van der Waals surface area (Å²) in [4.78, 5) is 17.6. The molecule has 3 fully saturated rings. The smallest absolute Gasteiger partial charge is 0.227 e. The first kappa shape index (κ1) is 19.5. The minimum Gasteiger partial charge on any atom is -0.347 e. The van der Waals surface area contributed by atoms with Gasteiger partial charge in [-0.05, 0) is 43.6 Å². The van der Waals surface area contributed by atoms with Crippen molar-refractivity contribution in [3.05, 3.63) is 33.8 Å². The predicted octanol–water partition coefficient (Wildman–Crippen LogP) is 3.37. The topological polar surface area (TPSA) is 42.0 Å². The maximum absolute atomic E-state index is 13.1. The van der Waals surface area contributed by atoms with E-state index in [1.807, 2.05) is 11.0 Å². The second-order valence-electron chi connectivity index (χ2n) is 7.74. The van der Waals surface area contributed by atoms with Crippen LogP contribution in [-0.2, 0) is 20.7 Å². The maximum atomic E-state index is 13.1. The molecule has 0 unspecified atom stereocenters. The third-order valence-corrected chi connectivity index (χ3v) is 6.60. The van der Waals surface area contributed by atoms with Crippen molar-refractivity contribution in [1.82, 2.24) is 9.80 Å². The zero-order chi connectivity index (χ0) is 18.9. The molecule has 4 rings (SSSR count).